The highest BCUT2D eigenvalue weighted by Crippen LogP contribution is 2.14. The number of carbonyl (C=O) groups excluding carboxylic acids is 1. The van der Waals surface area contributed by atoms with Crippen molar-refractivity contribution in [1.29, 1.82) is 0 Å². The van der Waals surface area contributed by atoms with Gasteiger partial charge in [-0.25, -0.2) is 0 Å². The molecule has 0 saturated heterocycles. The molecule has 0 bridgehead atoms. The molecule has 2 aromatic rings. The van der Waals surface area contributed by atoms with Crippen molar-refractivity contribution in [2.45, 2.75) is 0 Å². The second-order valence-corrected chi connectivity index (χ2v) is 6.31. The molecule has 10 nitrogen and oxygen atoms in total. The first-order valence-electron chi connectivity index (χ1n) is 7.02. The van der Waals surface area contributed by atoms with E-state index < -0.39 is 16.0 Å². The van der Waals surface area contributed by atoms with E-state index >= 15 is 0 Å². The summed E-state index contributed by atoms with van der Waals surface area (Å²) in [6, 6.07) is 10.7. The van der Waals surface area contributed by atoms with Gasteiger partial charge in [0.15, 0.2) is 5.96 Å². The molecular weight excluding hydrogens is 362 g/mol. The topological polar surface area (TPSA) is 162 Å². The molecule has 11 heteroatoms. The normalized spacial score (nSPS) is 10.7. The Labute approximate surface area is 150 Å². The monoisotopic (exact) mass is 381 g/mol. The molecule has 140 valence electrons. The Hall–Kier alpha value is -3.18. The molecular formula is C15H19N5O5S. The van der Waals surface area contributed by atoms with Gasteiger partial charge >= 0.3 is 0 Å². The van der Waals surface area contributed by atoms with E-state index in [-0.39, 0.29) is 5.96 Å². The summed E-state index contributed by atoms with van der Waals surface area (Å²) in [5, 5.41) is 3.73. The minimum Gasteiger partial charge on any atom is -0.399 e. The Balaban J connectivity index is 0.000000597. The Kier molecular flexibility index (Phi) is 7.50. The van der Waals surface area contributed by atoms with Crippen molar-refractivity contribution in [3.8, 4) is 5.69 Å². The summed E-state index contributed by atoms with van der Waals surface area (Å²) in [4.78, 5) is 20.0. The number of rotatable bonds is 4. The van der Waals surface area contributed by atoms with E-state index in [0.29, 0.717) is 11.8 Å². The van der Waals surface area contributed by atoms with E-state index in [0.717, 1.165) is 11.4 Å². The van der Waals surface area contributed by atoms with Crippen LogP contribution in [0.15, 0.2) is 52.7 Å². The lowest BCUT2D eigenvalue weighted by molar-refractivity contribution is 0.100. The maximum absolute atomic E-state index is 11.8. The molecule has 1 heterocycles. The molecule has 0 fully saturated rings. The minimum absolute atomic E-state index is 0.265. The number of hydrogen-bond acceptors (Lipinski definition) is 5. The SMILES string of the molecule is CO/N=C/c1cccn1-c1cccc(C(=O)N=C(N)N)c1.CS(=O)(=O)O. The van der Waals surface area contributed by atoms with E-state index in [1.807, 2.05) is 29.0 Å². The van der Waals surface area contributed by atoms with Crippen LogP contribution in [0.4, 0.5) is 0 Å². The lowest BCUT2D eigenvalue weighted by Crippen LogP contribution is -2.24. The predicted molar refractivity (Wildman–Crippen MR) is 98.0 cm³/mol. The van der Waals surface area contributed by atoms with Crippen LogP contribution in [0.3, 0.4) is 0 Å². The van der Waals surface area contributed by atoms with Gasteiger partial charge in [0.2, 0.25) is 0 Å². The summed E-state index contributed by atoms with van der Waals surface area (Å²) in [6.45, 7) is 0. The van der Waals surface area contributed by atoms with Crippen LogP contribution in [0.2, 0.25) is 0 Å². The molecule has 5 N–H and O–H groups in total. The second kappa shape index (κ2) is 9.34. The van der Waals surface area contributed by atoms with Gasteiger partial charge in [0.05, 0.1) is 18.2 Å². The van der Waals surface area contributed by atoms with Gasteiger partial charge in [0, 0.05) is 17.4 Å². The molecule has 2 rings (SSSR count). The van der Waals surface area contributed by atoms with Crippen molar-refractivity contribution in [3.63, 3.8) is 0 Å². The third kappa shape index (κ3) is 7.59. The fourth-order valence-electron chi connectivity index (χ4n) is 1.81. The van der Waals surface area contributed by atoms with E-state index in [1.54, 1.807) is 24.4 Å². The Morgan fingerprint density at radius 1 is 1.27 bits per heavy atom. The van der Waals surface area contributed by atoms with Gasteiger partial charge in [-0.3, -0.25) is 9.35 Å². The van der Waals surface area contributed by atoms with E-state index in [1.165, 1.54) is 7.11 Å². The highest BCUT2D eigenvalue weighted by Gasteiger charge is 2.07. The Morgan fingerprint density at radius 3 is 2.50 bits per heavy atom. The van der Waals surface area contributed by atoms with E-state index in [9.17, 15) is 13.2 Å². The molecule has 0 aliphatic carbocycles. The van der Waals surface area contributed by atoms with Crippen LogP contribution in [0, 0.1) is 0 Å². The largest absolute Gasteiger partial charge is 0.399 e. The molecule has 0 saturated carbocycles. The molecule has 0 unspecified atom stereocenters. The number of oxime groups is 1. The molecule has 0 aliphatic heterocycles. The Bertz CT molecular complexity index is 906. The fourth-order valence-corrected chi connectivity index (χ4v) is 1.81. The number of aliphatic imine (C=N–C) groups is 1. The van der Waals surface area contributed by atoms with Crippen LogP contribution in [0.5, 0.6) is 0 Å². The predicted octanol–water partition coefficient (Wildman–Crippen LogP) is 0.375. The zero-order chi connectivity index (χ0) is 19.7. The zero-order valence-electron chi connectivity index (χ0n) is 14.1. The van der Waals surface area contributed by atoms with Crippen LogP contribution < -0.4 is 11.5 Å². The minimum atomic E-state index is -3.67. The fraction of sp³-hybridized carbons (Fsp3) is 0.133. The van der Waals surface area contributed by atoms with Crippen molar-refractivity contribution >= 4 is 28.2 Å². The number of benzene rings is 1. The number of amides is 1. The van der Waals surface area contributed by atoms with Crippen LogP contribution >= 0.6 is 0 Å². The number of carbonyl (C=O) groups is 1. The molecule has 0 radical (unpaired) electrons. The number of aromatic nitrogens is 1. The Morgan fingerprint density at radius 2 is 1.92 bits per heavy atom. The van der Waals surface area contributed by atoms with Gasteiger partial charge in [-0.1, -0.05) is 11.2 Å². The first kappa shape index (κ1) is 20.9. The van der Waals surface area contributed by atoms with Crippen molar-refractivity contribution < 1.29 is 22.6 Å². The van der Waals surface area contributed by atoms with E-state index in [4.69, 9.17) is 16.0 Å². The molecule has 0 spiro atoms. The second-order valence-electron chi connectivity index (χ2n) is 4.85. The van der Waals surface area contributed by atoms with Gasteiger partial charge in [-0.15, -0.1) is 0 Å². The summed E-state index contributed by atoms with van der Waals surface area (Å²) in [5.74, 6) is -0.754. The van der Waals surface area contributed by atoms with Crippen LogP contribution in [0.1, 0.15) is 16.1 Å². The van der Waals surface area contributed by atoms with Gasteiger partial charge in [-0.05, 0) is 30.3 Å². The standard InChI is InChI=1S/C14H15N5O2.CH4O3S/c1-21-17-9-12-6-3-7-19(12)11-5-2-4-10(8-11)13(20)18-14(15)16;1-5(2,3)4/h2-9H,1H3,(H4,15,16,18,20);1H3,(H,2,3,4)/b17-9+;. The van der Waals surface area contributed by atoms with Crippen molar-refractivity contribution in [1.82, 2.24) is 4.57 Å². The smallest absolute Gasteiger partial charge is 0.280 e. The molecule has 0 atom stereocenters. The molecule has 1 aromatic carbocycles. The lowest BCUT2D eigenvalue weighted by atomic mass is 10.2. The summed E-state index contributed by atoms with van der Waals surface area (Å²) >= 11 is 0. The maximum atomic E-state index is 11.8. The number of hydrogen-bond donors (Lipinski definition) is 3. The average molecular weight is 381 g/mol. The van der Waals surface area contributed by atoms with Gasteiger partial charge < -0.3 is 20.9 Å². The summed E-state index contributed by atoms with van der Waals surface area (Å²) in [6.07, 6.45) is 4.14. The zero-order valence-corrected chi connectivity index (χ0v) is 14.9. The average Bonchev–Trinajstić information content (AvgIpc) is 2.99. The third-order valence-corrected chi connectivity index (χ3v) is 2.67. The lowest BCUT2D eigenvalue weighted by Gasteiger charge is -2.07. The quantitative estimate of drug-likeness (QED) is 0.298. The highest BCUT2D eigenvalue weighted by molar-refractivity contribution is 7.85. The molecule has 1 aromatic heterocycles. The molecule has 1 amide bonds. The van der Waals surface area contributed by atoms with Gasteiger partial charge in [0.1, 0.15) is 7.11 Å². The number of guanidine groups is 1. The molecule has 0 aliphatic rings. The van der Waals surface area contributed by atoms with E-state index in [2.05, 4.69) is 15.0 Å². The van der Waals surface area contributed by atoms with Crippen molar-refractivity contribution in [2.24, 2.45) is 21.6 Å². The van der Waals surface area contributed by atoms with Gasteiger partial charge in [0.25, 0.3) is 16.0 Å². The maximum Gasteiger partial charge on any atom is 0.280 e. The summed E-state index contributed by atoms with van der Waals surface area (Å²) in [5.41, 5.74) is 12.4. The van der Waals surface area contributed by atoms with Gasteiger partial charge in [-0.2, -0.15) is 13.4 Å². The first-order chi connectivity index (χ1) is 12.1. The molecule has 26 heavy (non-hydrogen) atoms. The van der Waals surface area contributed by atoms with Crippen LogP contribution in [-0.4, -0.2) is 49.0 Å². The van der Waals surface area contributed by atoms with Crippen molar-refractivity contribution in [3.05, 3.63) is 53.9 Å². The third-order valence-electron chi connectivity index (χ3n) is 2.67. The van der Waals surface area contributed by atoms with Crippen molar-refractivity contribution in [2.75, 3.05) is 13.4 Å². The first-order valence-corrected chi connectivity index (χ1v) is 8.87. The highest BCUT2D eigenvalue weighted by atomic mass is 32.2. The van der Waals surface area contributed by atoms with Crippen LogP contribution in [0.25, 0.3) is 5.69 Å². The number of nitrogens with zero attached hydrogens (tertiary/aromatic N) is 3. The van der Waals surface area contributed by atoms with Crippen LogP contribution in [-0.2, 0) is 15.0 Å². The summed E-state index contributed by atoms with van der Waals surface area (Å²) in [7, 11) is -2.20. The number of nitrogens with two attached hydrogens (primary N) is 2. The summed E-state index contributed by atoms with van der Waals surface area (Å²) < 4.78 is 27.7.